The Balaban J connectivity index is 1.24. The van der Waals surface area contributed by atoms with E-state index in [1.54, 1.807) is 37.3 Å². The molecule has 5 aromatic rings. The van der Waals surface area contributed by atoms with Crippen LogP contribution in [0.2, 0.25) is 0 Å². The summed E-state index contributed by atoms with van der Waals surface area (Å²) in [5.74, 6) is -0.980. The lowest BCUT2D eigenvalue weighted by Gasteiger charge is -2.28. The Kier molecular flexibility index (Phi) is 13.1. The molecule has 0 spiro atoms. The topological polar surface area (TPSA) is 88.1 Å². The van der Waals surface area contributed by atoms with Crippen molar-refractivity contribution in [3.63, 3.8) is 0 Å². The highest BCUT2D eigenvalue weighted by molar-refractivity contribution is 14.1. The fourth-order valence-electron chi connectivity index (χ4n) is 5.93. The van der Waals surface area contributed by atoms with E-state index in [9.17, 15) is 14.4 Å². The van der Waals surface area contributed by atoms with E-state index in [1.807, 2.05) is 91.0 Å². The smallest absolute Gasteiger partial charge is 0.285 e. The second-order valence-electron chi connectivity index (χ2n) is 12.1. The van der Waals surface area contributed by atoms with Gasteiger partial charge in [-0.1, -0.05) is 140 Å². The largest absolute Gasteiger partial charge is 0.487 e. The molecule has 10 heteroatoms. The van der Waals surface area contributed by atoms with Gasteiger partial charge in [0, 0.05) is 5.70 Å². The van der Waals surface area contributed by atoms with Crippen molar-refractivity contribution in [2.75, 3.05) is 5.75 Å². The van der Waals surface area contributed by atoms with Gasteiger partial charge in [-0.05, 0) is 103 Å². The van der Waals surface area contributed by atoms with E-state index in [0.717, 1.165) is 42.8 Å². The van der Waals surface area contributed by atoms with Crippen LogP contribution >= 0.6 is 50.3 Å². The molecule has 0 aromatic heterocycles. The Morgan fingerprint density at radius 2 is 1.63 bits per heavy atom. The number of carbonyl (C=O) groups excluding carboxylic acids is 3. The van der Waals surface area contributed by atoms with E-state index in [1.165, 1.54) is 11.0 Å². The molecular weight excluding hydrogens is 873 g/mol. The summed E-state index contributed by atoms with van der Waals surface area (Å²) in [6.07, 6.45) is 8.26. The number of benzene rings is 5. The summed E-state index contributed by atoms with van der Waals surface area (Å²) in [7, 11) is 0. The van der Waals surface area contributed by atoms with Gasteiger partial charge in [0.2, 0.25) is 5.91 Å². The third kappa shape index (κ3) is 9.18. The van der Waals surface area contributed by atoms with Gasteiger partial charge >= 0.3 is 0 Å². The normalized spacial score (nSPS) is 14.2. The molecule has 7 nitrogen and oxygen atoms in total. The van der Waals surface area contributed by atoms with Gasteiger partial charge < -0.3 is 10.1 Å². The van der Waals surface area contributed by atoms with Crippen LogP contribution in [0.5, 0.6) is 5.75 Å². The Labute approximate surface area is 340 Å². The summed E-state index contributed by atoms with van der Waals surface area (Å²) in [5.41, 5.74) is 3.88. The first-order valence-electron chi connectivity index (χ1n) is 17.0. The van der Waals surface area contributed by atoms with Gasteiger partial charge in [0.15, 0.2) is 5.17 Å². The standard InChI is InChI=1S/C44H35BrIN3O4S/c1-3-5-22-34(4-2)49-43(52)36(24-29-25-37(45)41(38(46)26-29)53-27-33-21-14-20-30-15-12-13-23-35(30)33)42(51)48-44(49)54-28-39(50)47-40(31-16-8-6-9-17-31)32-18-10-7-11-19-32/h3-26,40H,1,27-28H2,2H3,(H,47,50)/b22-5-,34-4+,36-24+. The predicted molar refractivity (Wildman–Crippen MR) is 231 cm³/mol. The van der Waals surface area contributed by atoms with Crippen molar-refractivity contribution in [2.24, 2.45) is 4.99 Å². The van der Waals surface area contributed by atoms with Gasteiger partial charge in [-0.15, -0.1) is 0 Å². The number of fused-ring (bicyclic) bond motifs is 1. The van der Waals surface area contributed by atoms with Crippen LogP contribution in [0.15, 0.2) is 167 Å². The first kappa shape index (κ1) is 38.7. The lowest BCUT2D eigenvalue weighted by Crippen LogP contribution is -2.42. The van der Waals surface area contributed by atoms with Crippen LogP contribution in [-0.4, -0.2) is 33.5 Å². The van der Waals surface area contributed by atoms with Crippen LogP contribution in [0, 0.1) is 3.57 Å². The summed E-state index contributed by atoms with van der Waals surface area (Å²) < 4.78 is 7.75. The molecule has 0 saturated carbocycles. The lowest BCUT2D eigenvalue weighted by atomic mass is 9.99. The van der Waals surface area contributed by atoms with Crippen LogP contribution in [0.1, 0.15) is 35.2 Å². The number of carbonyl (C=O) groups is 3. The minimum absolute atomic E-state index is 0.0847. The van der Waals surface area contributed by atoms with Crippen LogP contribution in [-0.2, 0) is 21.0 Å². The average Bonchev–Trinajstić information content (AvgIpc) is 3.19. The number of rotatable bonds is 12. The van der Waals surface area contributed by atoms with Crippen molar-refractivity contribution in [1.82, 2.24) is 10.2 Å². The number of ether oxygens (including phenoxy) is 1. The van der Waals surface area contributed by atoms with E-state index in [-0.39, 0.29) is 28.4 Å². The van der Waals surface area contributed by atoms with Crippen LogP contribution in [0.4, 0.5) is 0 Å². The Bertz CT molecular complexity index is 2270. The molecule has 0 bridgehead atoms. The van der Waals surface area contributed by atoms with Gasteiger partial charge in [-0.25, -0.2) is 0 Å². The summed E-state index contributed by atoms with van der Waals surface area (Å²) in [4.78, 5) is 47.0. The Hall–Kier alpha value is -5.04. The number of aliphatic imine (C=N–C) groups is 1. The number of thioether (sulfide) groups is 1. The third-order valence-corrected chi connectivity index (χ3v) is 10.8. The average molecular weight is 909 g/mol. The van der Waals surface area contributed by atoms with Gasteiger partial charge in [-0.3, -0.25) is 19.3 Å². The number of allylic oxidation sites excluding steroid dienone is 4. The molecule has 0 saturated heterocycles. The van der Waals surface area contributed by atoms with E-state index in [2.05, 4.69) is 73.6 Å². The van der Waals surface area contributed by atoms with Crippen molar-refractivity contribution in [2.45, 2.75) is 19.6 Å². The highest BCUT2D eigenvalue weighted by atomic mass is 127. The quantitative estimate of drug-likeness (QED) is 0.0583. The maximum absolute atomic E-state index is 14.2. The van der Waals surface area contributed by atoms with E-state index < -0.39 is 11.8 Å². The molecule has 1 N–H and O–H groups in total. The minimum Gasteiger partial charge on any atom is -0.487 e. The molecule has 1 aliphatic heterocycles. The molecule has 0 aliphatic carbocycles. The summed E-state index contributed by atoms with van der Waals surface area (Å²) >= 11 is 6.85. The van der Waals surface area contributed by atoms with Gasteiger partial charge in [0.1, 0.15) is 17.9 Å². The van der Waals surface area contributed by atoms with E-state index >= 15 is 0 Å². The van der Waals surface area contributed by atoms with Crippen molar-refractivity contribution < 1.29 is 19.1 Å². The summed E-state index contributed by atoms with van der Waals surface area (Å²) in [6.45, 7) is 5.89. The molecule has 1 heterocycles. The first-order chi connectivity index (χ1) is 26.3. The SMILES string of the molecule is C=C/C=C\C(=C/C)N1C(=O)/C(=C/c2cc(Br)c(OCc3cccc4ccccc34)c(I)c2)C(=O)N=C1SCC(=O)NC(c1ccccc1)c1ccccc1. The van der Waals surface area contributed by atoms with E-state index in [4.69, 9.17) is 4.74 Å². The molecule has 6 rings (SSSR count). The molecular formula is C44H35BrIN3O4S. The van der Waals surface area contributed by atoms with Crippen LogP contribution in [0.25, 0.3) is 16.8 Å². The van der Waals surface area contributed by atoms with Crippen molar-refractivity contribution in [1.29, 1.82) is 0 Å². The molecule has 0 atom stereocenters. The second-order valence-corrected chi connectivity index (χ2v) is 15.0. The molecule has 3 amide bonds. The van der Waals surface area contributed by atoms with Gasteiger partial charge in [-0.2, -0.15) is 4.99 Å². The van der Waals surface area contributed by atoms with E-state index in [0.29, 0.717) is 28.1 Å². The molecule has 0 radical (unpaired) electrons. The molecule has 0 fully saturated rings. The molecule has 54 heavy (non-hydrogen) atoms. The zero-order valence-corrected chi connectivity index (χ0v) is 33.8. The first-order valence-corrected chi connectivity index (χ1v) is 19.9. The molecule has 5 aromatic carbocycles. The van der Waals surface area contributed by atoms with Crippen LogP contribution < -0.4 is 10.1 Å². The van der Waals surface area contributed by atoms with Crippen molar-refractivity contribution >= 4 is 90.0 Å². The number of hydrogen-bond acceptors (Lipinski definition) is 5. The number of hydrogen-bond donors (Lipinski definition) is 1. The highest BCUT2D eigenvalue weighted by Crippen LogP contribution is 2.35. The summed E-state index contributed by atoms with van der Waals surface area (Å²) in [5, 5.41) is 5.47. The molecule has 270 valence electrons. The predicted octanol–water partition coefficient (Wildman–Crippen LogP) is 10.2. The van der Waals surface area contributed by atoms with Crippen molar-refractivity contribution in [3.8, 4) is 5.75 Å². The number of nitrogens with zero attached hydrogens (tertiary/aromatic N) is 2. The number of halogens is 2. The lowest BCUT2D eigenvalue weighted by molar-refractivity contribution is -0.126. The highest BCUT2D eigenvalue weighted by Gasteiger charge is 2.35. The molecule has 0 unspecified atom stereocenters. The number of amidine groups is 1. The van der Waals surface area contributed by atoms with Gasteiger partial charge in [0.05, 0.1) is 19.8 Å². The zero-order chi connectivity index (χ0) is 38.0. The van der Waals surface area contributed by atoms with Gasteiger partial charge in [0.25, 0.3) is 11.8 Å². The fourth-order valence-corrected chi connectivity index (χ4v) is 8.51. The minimum atomic E-state index is -0.698. The zero-order valence-electron chi connectivity index (χ0n) is 29.2. The Morgan fingerprint density at radius 3 is 2.30 bits per heavy atom. The maximum Gasteiger partial charge on any atom is 0.285 e. The van der Waals surface area contributed by atoms with Crippen LogP contribution in [0.3, 0.4) is 0 Å². The second kappa shape index (κ2) is 18.3. The number of nitrogens with one attached hydrogen (secondary N) is 1. The Morgan fingerprint density at radius 1 is 0.963 bits per heavy atom. The molecule has 1 aliphatic rings. The monoisotopic (exact) mass is 907 g/mol. The number of amides is 3. The van der Waals surface area contributed by atoms with Crippen molar-refractivity contribution in [3.05, 3.63) is 188 Å². The fraction of sp³-hybridized carbons (Fsp3) is 0.0909. The maximum atomic E-state index is 14.2. The third-order valence-electron chi connectivity index (χ3n) is 8.50. The summed E-state index contributed by atoms with van der Waals surface area (Å²) in [6, 6.07) is 36.9.